The Kier molecular flexibility index (Phi) is 16.8. The molecule has 0 heterocycles. The van der Waals surface area contributed by atoms with Crippen LogP contribution in [0.3, 0.4) is 0 Å². The van der Waals surface area contributed by atoms with Crippen molar-refractivity contribution in [1.29, 1.82) is 0 Å². The summed E-state index contributed by atoms with van der Waals surface area (Å²) < 4.78 is 39.0. The van der Waals surface area contributed by atoms with Crippen LogP contribution in [0.25, 0.3) is 0 Å². The van der Waals surface area contributed by atoms with Crippen LogP contribution in [0.2, 0.25) is 0 Å². The Labute approximate surface area is 147 Å². The molecule has 22 heavy (non-hydrogen) atoms. The number of hydrogen-bond acceptors (Lipinski definition) is 0. The van der Waals surface area contributed by atoms with Crippen LogP contribution >= 0.6 is 0 Å². The Morgan fingerprint density at radius 1 is 0.682 bits per heavy atom. The molecule has 127 valence electrons. The van der Waals surface area contributed by atoms with Crippen LogP contribution < -0.4 is 0 Å². The van der Waals surface area contributed by atoms with Crippen LogP contribution in [0.15, 0.2) is 0 Å². The first kappa shape index (κ1) is 24.7. The molecule has 6 heteroatoms. The van der Waals surface area contributed by atoms with E-state index in [9.17, 15) is 17.3 Å². The van der Waals surface area contributed by atoms with Gasteiger partial charge in [0, 0.05) is 20.1 Å². The molecule has 0 aliphatic heterocycles. The van der Waals surface area contributed by atoms with Gasteiger partial charge in [-0.05, 0) is 88.9 Å². The van der Waals surface area contributed by atoms with Crippen molar-refractivity contribution < 1.29 is 37.4 Å². The van der Waals surface area contributed by atoms with Crippen LogP contribution in [0, 0.1) is 63.2 Å². The minimum Gasteiger partial charge on any atom is -0.418 e. The van der Waals surface area contributed by atoms with Crippen molar-refractivity contribution in [3.05, 3.63) is 63.2 Å². The molecule has 2 rings (SSSR count). The molecule has 11 radical (unpaired) electrons. The summed E-state index contributed by atoms with van der Waals surface area (Å²) in [6.07, 6.45) is 22.4. The SMILES string of the molecule is C[C]1[CH][CH][CH][CH][C]1C.F[B-](F)(F)F.[CH]1[CH]CC[CH][CH]CC1.[Ir]. The molecule has 0 N–H and O–H groups in total. The first-order valence-electron chi connectivity index (χ1n) is 7.00. The molecular weight excluding hydrogens is 471 g/mol. The van der Waals surface area contributed by atoms with Gasteiger partial charge in [0.05, 0.1) is 0 Å². The standard InChI is InChI=1S/C8H10.C8H12.BF4.Ir/c1-7-5-3-4-6-8(7)2;1-2-4-6-8-7-5-3-1;2-1(3,4)5;/h3-6H,1-2H3;1-2,7-8H,3-6H2;;/q;;-1;. The molecule has 0 bridgehead atoms. The zero-order chi connectivity index (χ0) is 16.1. The normalized spacial score (nSPS) is 21.0. The van der Waals surface area contributed by atoms with Gasteiger partial charge in [-0.15, -0.1) is 0 Å². The predicted molar refractivity (Wildman–Crippen MR) is 80.9 cm³/mol. The van der Waals surface area contributed by atoms with E-state index in [0.29, 0.717) is 0 Å². The Bertz CT molecular complexity index is 197. The van der Waals surface area contributed by atoms with Gasteiger partial charge in [0.2, 0.25) is 0 Å². The van der Waals surface area contributed by atoms with E-state index in [1.54, 1.807) is 0 Å². The molecule has 0 atom stereocenters. The summed E-state index contributed by atoms with van der Waals surface area (Å²) in [6.45, 7) is 4.24. The van der Waals surface area contributed by atoms with E-state index < -0.39 is 7.25 Å². The molecule has 0 aromatic carbocycles. The molecule has 0 unspecified atom stereocenters. The summed E-state index contributed by atoms with van der Waals surface area (Å²) in [5, 5.41) is 0. The minimum atomic E-state index is -6.00. The van der Waals surface area contributed by atoms with Crippen LogP contribution in [-0.4, -0.2) is 7.25 Å². The van der Waals surface area contributed by atoms with E-state index >= 15 is 0 Å². The number of halogens is 4. The smallest absolute Gasteiger partial charge is 0.418 e. The maximum absolute atomic E-state index is 9.75. The fraction of sp³-hybridized carbons (Fsp3) is 0.375. The van der Waals surface area contributed by atoms with Crippen molar-refractivity contribution >= 4 is 7.25 Å². The second-order valence-electron chi connectivity index (χ2n) is 4.68. The van der Waals surface area contributed by atoms with E-state index in [4.69, 9.17) is 0 Å². The summed E-state index contributed by atoms with van der Waals surface area (Å²) in [6, 6.07) is 0. The van der Waals surface area contributed by atoms with Crippen molar-refractivity contribution in [2.45, 2.75) is 39.5 Å². The fourth-order valence-electron chi connectivity index (χ4n) is 1.52. The third-order valence-corrected chi connectivity index (χ3v) is 2.76. The molecule has 2 saturated carbocycles. The average molecular weight is 493 g/mol. The molecular formula is C16H22BF4Ir-. The van der Waals surface area contributed by atoms with Gasteiger partial charge >= 0.3 is 7.25 Å². The van der Waals surface area contributed by atoms with Crippen molar-refractivity contribution in [2.75, 3.05) is 0 Å². The summed E-state index contributed by atoms with van der Waals surface area (Å²) in [5.74, 6) is 2.74. The molecule has 0 spiro atoms. The third-order valence-electron chi connectivity index (χ3n) is 2.76. The summed E-state index contributed by atoms with van der Waals surface area (Å²) in [4.78, 5) is 0. The molecule has 0 aromatic rings. The summed E-state index contributed by atoms with van der Waals surface area (Å²) in [5.41, 5.74) is 0. The fourth-order valence-corrected chi connectivity index (χ4v) is 1.52. The van der Waals surface area contributed by atoms with E-state index in [1.807, 2.05) is 0 Å². The Hall–Kier alpha value is 0.434. The van der Waals surface area contributed by atoms with Crippen LogP contribution in [0.4, 0.5) is 17.3 Å². The molecule has 2 fully saturated rings. The zero-order valence-corrected chi connectivity index (χ0v) is 15.3. The Morgan fingerprint density at radius 2 is 0.909 bits per heavy atom. The van der Waals surface area contributed by atoms with E-state index in [0.717, 1.165) is 0 Å². The van der Waals surface area contributed by atoms with Gasteiger partial charge in [-0.2, -0.15) is 0 Å². The topological polar surface area (TPSA) is 0 Å². The van der Waals surface area contributed by atoms with Crippen molar-refractivity contribution in [3.63, 3.8) is 0 Å². The van der Waals surface area contributed by atoms with Gasteiger partial charge in [-0.1, -0.05) is 13.8 Å². The van der Waals surface area contributed by atoms with Gasteiger partial charge in [-0.3, -0.25) is 0 Å². The molecule has 2 aliphatic carbocycles. The maximum atomic E-state index is 9.75. The van der Waals surface area contributed by atoms with Crippen LogP contribution in [0.1, 0.15) is 39.5 Å². The van der Waals surface area contributed by atoms with Gasteiger partial charge in [-0.25, -0.2) is 0 Å². The first-order chi connectivity index (χ1) is 9.80. The van der Waals surface area contributed by atoms with E-state index in [2.05, 4.69) is 65.2 Å². The average Bonchev–Trinajstić information content (AvgIpc) is 2.31. The third kappa shape index (κ3) is 20.4. The number of hydrogen-bond donors (Lipinski definition) is 0. The summed E-state index contributed by atoms with van der Waals surface area (Å²) >= 11 is 0. The molecule has 0 nitrogen and oxygen atoms in total. The van der Waals surface area contributed by atoms with Gasteiger partial charge in [0.25, 0.3) is 0 Å². The first-order valence-corrected chi connectivity index (χ1v) is 7.00. The maximum Gasteiger partial charge on any atom is 0.673 e. The number of rotatable bonds is 0. The van der Waals surface area contributed by atoms with E-state index in [-0.39, 0.29) is 20.1 Å². The second kappa shape index (κ2) is 15.0. The predicted octanol–water partition coefficient (Wildman–Crippen LogP) is 5.68. The monoisotopic (exact) mass is 494 g/mol. The van der Waals surface area contributed by atoms with Gasteiger partial charge < -0.3 is 17.3 Å². The van der Waals surface area contributed by atoms with Gasteiger partial charge in [0.15, 0.2) is 0 Å². The van der Waals surface area contributed by atoms with Crippen molar-refractivity contribution in [3.8, 4) is 0 Å². The minimum absolute atomic E-state index is 0. The summed E-state index contributed by atoms with van der Waals surface area (Å²) in [7, 11) is -6.00. The molecule has 2 aliphatic rings. The van der Waals surface area contributed by atoms with Crippen LogP contribution in [0.5, 0.6) is 0 Å². The largest absolute Gasteiger partial charge is 0.673 e. The Balaban J connectivity index is 0. The Morgan fingerprint density at radius 3 is 1.09 bits per heavy atom. The zero-order valence-electron chi connectivity index (χ0n) is 12.9. The molecule has 0 aromatic heterocycles. The van der Waals surface area contributed by atoms with Crippen molar-refractivity contribution in [2.24, 2.45) is 0 Å². The second-order valence-corrected chi connectivity index (χ2v) is 4.68. The van der Waals surface area contributed by atoms with Crippen molar-refractivity contribution in [1.82, 2.24) is 0 Å². The quantitative estimate of drug-likeness (QED) is 0.301. The molecule has 0 amide bonds. The van der Waals surface area contributed by atoms with Crippen LogP contribution in [-0.2, 0) is 20.1 Å². The molecule has 0 saturated heterocycles. The van der Waals surface area contributed by atoms with Gasteiger partial charge in [0.1, 0.15) is 0 Å². The van der Waals surface area contributed by atoms with E-state index in [1.165, 1.54) is 37.5 Å².